The van der Waals surface area contributed by atoms with E-state index in [0.717, 1.165) is 0 Å². The maximum Gasteiger partial charge on any atom is 0.232 e. The fourth-order valence-corrected chi connectivity index (χ4v) is 2.56. The first kappa shape index (κ1) is 13.3. The minimum Gasteiger partial charge on any atom is -0.288 e. The molecular formula is C11H12ClN3O2S. The van der Waals surface area contributed by atoms with Gasteiger partial charge in [-0.25, -0.2) is 9.97 Å². The van der Waals surface area contributed by atoms with Gasteiger partial charge in [-0.2, -0.15) is 0 Å². The Hall–Kier alpha value is -1.14. The smallest absolute Gasteiger partial charge is 0.232 e. The molecule has 0 aromatic carbocycles. The number of rotatable bonds is 3. The van der Waals surface area contributed by atoms with Gasteiger partial charge in [-0.3, -0.25) is 14.5 Å². The second-order valence-corrected chi connectivity index (χ2v) is 5.71. The van der Waals surface area contributed by atoms with Crippen LogP contribution in [-0.2, 0) is 9.59 Å². The number of amides is 1. The van der Waals surface area contributed by atoms with Crippen LogP contribution in [0.15, 0.2) is 12.4 Å². The molecule has 0 aliphatic carbocycles. The molecule has 1 aliphatic rings. The number of halogens is 1. The van der Waals surface area contributed by atoms with Crippen molar-refractivity contribution < 1.29 is 9.59 Å². The lowest BCUT2D eigenvalue weighted by Gasteiger charge is -2.13. The molecule has 0 N–H and O–H groups in total. The van der Waals surface area contributed by atoms with E-state index in [1.165, 1.54) is 31.1 Å². The summed E-state index contributed by atoms with van der Waals surface area (Å²) in [4.78, 5) is 32.3. The number of nitrogens with zero attached hydrogens (tertiary/aromatic N) is 3. The molecule has 1 aromatic rings. The van der Waals surface area contributed by atoms with Gasteiger partial charge in [-0.15, -0.1) is 0 Å². The monoisotopic (exact) mass is 285 g/mol. The molecule has 1 atom stereocenters. The van der Waals surface area contributed by atoms with E-state index in [1.807, 2.05) is 0 Å². The van der Waals surface area contributed by atoms with Crippen molar-refractivity contribution in [3.8, 4) is 0 Å². The van der Waals surface area contributed by atoms with Crippen LogP contribution >= 0.6 is 23.4 Å². The third-order valence-corrected chi connectivity index (χ3v) is 3.82. The van der Waals surface area contributed by atoms with Crippen LogP contribution in [0.3, 0.4) is 0 Å². The maximum absolute atomic E-state index is 11.8. The highest BCUT2D eigenvalue weighted by Gasteiger charge is 2.32. The lowest BCUT2D eigenvalue weighted by atomic mass is 10.1. The lowest BCUT2D eigenvalue weighted by Crippen LogP contribution is -2.26. The molecule has 0 bridgehead atoms. The summed E-state index contributed by atoms with van der Waals surface area (Å²) in [7, 11) is 0. The van der Waals surface area contributed by atoms with Gasteiger partial charge < -0.3 is 0 Å². The van der Waals surface area contributed by atoms with E-state index in [9.17, 15) is 9.59 Å². The highest BCUT2D eigenvalue weighted by molar-refractivity contribution is 8.13. The molecule has 0 radical (unpaired) electrons. The van der Waals surface area contributed by atoms with E-state index in [0.29, 0.717) is 29.7 Å². The molecule has 7 heteroatoms. The lowest BCUT2D eigenvalue weighted by molar-refractivity contribution is -0.117. The fourth-order valence-electron chi connectivity index (χ4n) is 1.77. The summed E-state index contributed by atoms with van der Waals surface area (Å²) in [5.41, 5.74) is 0. The normalized spacial score (nSPS) is 19.3. The molecule has 5 nitrogen and oxygen atoms in total. The molecule has 18 heavy (non-hydrogen) atoms. The zero-order chi connectivity index (χ0) is 13.1. The van der Waals surface area contributed by atoms with E-state index < -0.39 is 0 Å². The second-order valence-electron chi connectivity index (χ2n) is 4.08. The Morgan fingerprint density at radius 1 is 1.56 bits per heavy atom. The van der Waals surface area contributed by atoms with E-state index in [1.54, 1.807) is 4.90 Å². The van der Waals surface area contributed by atoms with Gasteiger partial charge in [0.2, 0.25) is 11.9 Å². The highest BCUT2D eigenvalue weighted by Crippen LogP contribution is 2.25. The van der Waals surface area contributed by atoms with Gasteiger partial charge in [0.05, 0.1) is 17.4 Å². The average Bonchev–Trinajstić information content (AvgIpc) is 2.69. The van der Waals surface area contributed by atoms with Gasteiger partial charge in [0, 0.05) is 25.6 Å². The number of carbonyl (C=O) groups excluding carboxylic acids is 2. The SMILES string of the molecule is CC(=O)SCC1CC(=O)N(c2ncc(Cl)cn2)C1. The first-order valence-corrected chi connectivity index (χ1v) is 6.84. The topological polar surface area (TPSA) is 63.2 Å². The highest BCUT2D eigenvalue weighted by atomic mass is 35.5. The van der Waals surface area contributed by atoms with Crippen molar-refractivity contribution in [1.82, 2.24) is 9.97 Å². The van der Waals surface area contributed by atoms with E-state index in [-0.39, 0.29) is 16.9 Å². The Morgan fingerprint density at radius 3 is 2.83 bits per heavy atom. The van der Waals surface area contributed by atoms with E-state index in [4.69, 9.17) is 11.6 Å². The zero-order valence-electron chi connectivity index (χ0n) is 9.80. The van der Waals surface area contributed by atoms with Crippen molar-refractivity contribution in [1.29, 1.82) is 0 Å². The number of hydrogen-bond acceptors (Lipinski definition) is 5. The van der Waals surface area contributed by atoms with E-state index >= 15 is 0 Å². The summed E-state index contributed by atoms with van der Waals surface area (Å²) in [5, 5.41) is 0.512. The minimum absolute atomic E-state index is 0.00789. The number of aromatic nitrogens is 2. The Bertz CT molecular complexity index is 466. The van der Waals surface area contributed by atoms with Crippen molar-refractivity contribution in [3.63, 3.8) is 0 Å². The zero-order valence-corrected chi connectivity index (χ0v) is 11.4. The summed E-state index contributed by atoms with van der Waals surface area (Å²) in [6, 6.07) is 0. The third kappa shape index (κ3) is 3.20. The Morgan fingerprint density at radius 2 is 2.22 bits per heavy atom. The minimum atomic E-state index is -0.00789. The van der Waals surface area contributed by atoms with Gasteiger partial charge in [0.25, 0.3) is 0 Å². The molecule has 2 heterocycles. The summed E-state index contributed by atoms with van der Waals surface area (Å²) < 4.78 is 0. The average molecular weight is 286 g/mol. The van der Waals surface area contributed by atoms with Crippen molar-refractivity contribution >= 4 is 40.3 Å². The predicted octanol–water partition coefficient (Wildman–Crippen LogP) is 1.76. The van der Waals surface area contributed by atoms with Gasteiger partial charge >= 0.3 is 0 Å². The molecular weight excluding hydrogens is 274 g/mol. The standard InChI is InChI=1S/C11H12ClN3O2S/c1-7(16)18-6-8-2-10(17)15(5-8)11-13-3-9(12)4-14-11/h3-4,8H,2,5-6H2,1H3. The molecule has 96 valence electrons. The first-order chi connectivity index (χ1) is 8.56. The van der Waals surface area contributed by atoms with Crippen LogP contribution in [0.25, 0.3) is 0 Å². The first-order valence-electron chi connectivity index (χ1n) is 5.47. The van der Waals surface area contributed by atoms with Gasteiger partial charge in [-0.1, -0.05) is 23.4 Å². The summed E-state index contributed by atoms with van der Waals surface area (Å²) in [6.45, 7) is 2.09. The van der Waals surface area contributed by atoms with Crippen LogP contribution in [0.2, 0.25) is 5.02 Å². The van der Waals surface area contributed by atoms with Crippen LogP contribution in [-0.4, -0.2) is 33.3 Å². The quantitative estimate of drug-likeness (QED) is 0.847. The number of thioether (sulfide) groups is 1. The predicted molar refractivity (Wildman–Crippen MR) is 70.6 cm³/mol. The molecule has 0 saturated carbocycles. The molecule has 1 fully saturated rings. The van der Waals surface area contributed by atoms with Crippen LogP contribution in [0, 0.1) is 5.92 Å². The third-order valence-electron chi connectivity index (χ3n) is 2.58. The van der Waals surface area contributed by atoms with Gasteiger partial charge in [0.15, 0.2) is 5.12 Å². The largest absolute Gasteiger partial charge is 0.288 e. The summed E-state index contributed by atoms with van der Waals surface area (Å²) in [6.07, 6.45) is 3.37. The van der Waals surface area contributed by atoms with Crippen molar-refractivity contribution in [3.05, 3.63) is 17.4 Å². The molecule has 1 unspecified atom stereocenters. The molecule has 2 rings (SSSR count). The Balaban J connectivity index is 2.00. The van der Waals surface area contributed by atoms with Crippen LogP contribution < -0.4 is 4.90 Å². The Kier molecular flexibility index (Phi) is 4.19. The summed E-state index contributed by atoms with van der Waals surface area (Å²) in [5.74, 6) is 1.20. The van der Waals surface area contributed by atoms with Crippen LogP contribution in [0.1, 0.15) is 13.3 Å². The second kappa shape index (κ2) is 5.67. The summed E-state index contributed by atoms with van der Waals surface area (Å²) >= 11 is 6.95. The number of hydrogen-bond donors (Lipinski definition) is 0. The molecule has 1 aliphatic heterocycles. The van der Waals surface area contributed by atoms with Crippen molar-refractivity contribution in [2.45, 2.75) is 13.3 Å². The van der Waals surface area contributed by atoms with Gasteiger partial charge in [-0.05, 0) is 5.92 Å². The molecule has 1 aromatic heterocycles. The van der Waals surface area contributed by atoms with Crippen molar-refractivity contribution in [2.24, 2.45) is 5.92 Å². The van der Waals surface area contributed by atoms with Crippen molar-refractivity contribution in [2.75, 3.05) is 17.2 Å². The molecule has 0 spiro atoms. The maximum atomic E-state index is 11.8. The van der Waals surface area contributed by atoms with Gasteiger partial charge in [0.1, 0.15) is 0 Å². The van der Waals surface area contributed by atoms with Crippen LogP contribution in [0.5, 0.6) is 0 Å². The number of carbonyl (C=O) groups is 2. The Labute approximate surface area is 114 Å². The molecule has 1 amide bonds. The number of anilines is 1. The fraction of sp³-hybridized carbons (Fsp3) is 0.455. The molecule has 1 saturated heterocycles. The van der Waals surface area contributed by atoms with Crippen LogP contribution in [0.4, 0.5) is 5.95 Å². The van der Waals surface area contributed by atoms with E-state index in [2.05, 4.69) is 9.97 Å².